The molecule has 1 aliphatic carbocycles. The van der Waals surface area contributed by atoms with E-state index in [1.54, 1.807) is 0 Å². The summed E-state index contributed by atoms with van der Waals surface area (Å²) >= 11 is 0. The van der Waals surface area contributed by atoms with Gasteiger partial charge in [-0.3, -0.25) is 14.9 Å². The Bertz CT molecular complexity index is 476. The summed E-state index contributed by atoms with van der Waals surface area (Å²) in [5, 5.41) is 22.6. The maximum Gasteiger partial charge on any atom is 0.308 e. The lowest BCUT2D eigenvalue weighted by molar-refractivity contribution is -0.385. The zero-order valence-electron chi connectivity index (χ0n) is 10.2. The molecule has 2 unspecified atom stereocenters. The number of carboxylic acids is 1. The number of nitrogens with zero attached hydrogens (tertiary/aromatic N) is 3. The summed E-state index contributed by atoms with van der Waals surface area (Å²) in [4.78, 5) is 28.7. The zero-order chi connectivity index (χ0) is 13.8. The number of carboxylic acid groups (broad SMARTS) is 1. The molecule has 2 N–H and O–H groups in total. The van der Waals surface area contributed by atoms with E-state index in [1.165, 1.54) is 0 Å². The molecule has 0 spiro atoms. The summed E-state index contributed by atoms with van der Waals surface area (Å²) in [5.74, 6) is -1.07. The van der Waals surface area contributed by atoms with Crippen molar-refractivity contribution in [1.29, 1.82) is 0 Å². The van der Waals surface area contributed by atoms with Crippen molar-refractivity contribution < 1.29 is 14.8 Å². The summed E-state index contributed by atoms with van der Waals surface area (Å²) in [5.41, 5.74) is -0.191. The maximum atomic E-state index is 11.1. The van der Waals surface area contributed by atoms with Gasteiger partial charge in [0.15, 0.2) is 0 Å². The highest BCUT2D eigenvalue weighted by atomic mass is 16.6. The lowest BCUT2D eigenvalue weighted by Gasteiger charge is -2.29. The van der Waals surface area contributed by atoms with Crippen LogP contribution in [0.5, 0.6) is 0 Å². The number of anilines is 1. The summed E-state index contributed by atoms with van der Waals surface area (Å²) < 4.78 is 0. The van der Waals surface area contributed by atoms with Gasteiger partial charge >= 0.3 is 11.7 Å². The number of nitrogens with one attached hydrogen (secondary N) is 1. The van der Waals surface area contributed by atoms with Crippen molar-refractivity contribution in [2.24, 2.45) is 5.92 Å². The van der Waals surface area contributed by atoms with E-state index in [1.807, 2.05) is 0 Å². The van der Waals surface area contributed by atoms with E-state index >= 15 is 0 Å². The minimum Gasteiger partial charge on any atom is -0.481 e. The fourth-order valence-corrected chi connectivity index (χ4v) is 2.26. The Labute approximate surface area is 109 Å². The Hall–Kier alpha value is -2.25. The van der Waals surface area contributed by atoms with Crippen LogP contribution in [-0.4, -0.2) is 32.0 Å². The molecule has 8 heteroatoms. The van der Waals surface area contributed by atoms with E-state index in [9.17, 15) is 14.9 Å². The van der Waals surface area contributed by atoms with Gasteiger partial charge in [0.1, 0.15) is 12.4 Å². The number of rotatable bonds is 4. The monoisotopic (exact) mass is 266 g/mol. The smallest absolute Gasteiger partial charge is 0.308 e. The highest BCUT2D eigenvalue weighted by Gasteiger charge is 2.31. The molecule has 0 saturated heterocycles. The van der Waals surface area contributed by atoms with Gasteiger partial charge in [-0.15, -0.1) is 0 Å². The second kappa shape index (κ2) is 5.59. The van der Waals surface area contributed by atoms with Crippen LogP contribution in [0, 0.1) is 16.0 Å². The van der Waals surface area contributed by atoms with Gasteiger partial charge in [0, 0.05) is 6.04 Å². The van der Waals surface area contributed by atoms with Gasteiger partial charge in [0.2, 0.25) is 5.95 Å². The van der Waals surface area contributed by atoms with Crippen molar-refractivity contribution in [2.45, 2.75) is 31.7 Å². The van der Waals surface area contributed by atoms with E-state index in [-0.39, 0.29) is 17.7 Å². The van der Waals surface area contributed by atoms with Crippen molar-refractivity contribution in [3.05, 3.63) is 22.5 Å². The molecule has 1 fully saturated rings. The lowest BCUT2D eigenvalue weighted by Crippen LogP contribution is -2.37. The molecule has 0 bridgehead atoms. The van der Waals surface area contributed by atoms with Gasteiger partial charge in [0.05, 0.1) is 10.8 Å². The Morgan fingerprint density at radius 1 is 1.37 bits per heavy atom. The fourth-order valence-electron chi connectivity index (χ4n) is 2.26. The predicted octanol–water partition coefficient (Wildman–Crippen LogP) is 1.44. The molecule has 19 heavy (non-hydrogen) atoms. The third-order valence-corrected chi connectivity index (χ3v) is 3.25. The first-order chi connectivity index (χ1) is 9.08. The van der Waals surface area contributed by atoms with E-state index in [4.69, 9.17) is 5.11 Å². The van der Waals surface area contributed by atoms with E-state index in [2.05, 4.69) is 15.3 Å². The van der Waals surface area contributed by atoms with Gasteiger partial charge in [-0.1, -0.05) is 12.8 Å². The average molecular weight is 266 g/mol. The van der Waals surface area contributed by atoms with E-state index in [0.29, 0.717) is 6.42 Å². The number of hydrogen-bond acceptors (Lipinski definition) is 6. The summed E-state index contributed by atoms with van der Waals surface area (Å²) in [6.07, 6.45) is 5.42. The van der Waals surface area contributed by atoms with Crippen LogP contribution in [-0.2, 0) is 4.79 Å². The molecule has 0 radical (unpaired) electrons. The van der Waals surface area contributed by atoms with Gasteiger partial charge in [-0.25, -0.2) is 9.97 Å². The van der Waals surface area contributed by atoms with Crippen LogP contribution in [0.3, 0.4) is 0 Å². The highest BCUT2D eigenvalue weighted by Crippen LogP contribution is 2.26. The normalized spacial score (nSPS) is 22.7. The Balaban J connectivity index is 2.06. The first-order valence-corrected chi connectivity index (χ1v) is 6.03. The number of carbonyl (C=O) groups is 1. The van der Waals surface area contributed by atoms with Crippen molar-refractivity contribution in [3.8, 4) is 0 Å². The first-order valence-electron chi connectivity index (χ1n) is 6.03. The molecule has 1 aromatic rings. The van der Waals surface area contributed by atoms with Crippen molar-refractivity contribution >= 4 is 17.6 Å². The molecule has 1 heterocycles. The van der Waals surface area contributed by atoms with Crippen LogP contribution >= 0.6 is 0 Å². The summed E-state index contributed by atoms with van der Waals surface area (Å²) in [6.45, 7) is 0. The number of hydrogen-bond donors (Lipinski definition) is 2. The van der Waals surface area contributed by atoms with Crippen molar-refractivity contribution in [2.75, 3.05) is 5.32 Å². The van der Waals surface area contributed by atoms with Crippen molar-refractivity contribution in [3.63, 3.8) is 0 Å². The second-order valence-electron chi connectivity index (χ2n) is 4.50. The zero-order valence-corrected chi connectivity index (χ0v) is 10.2. The molecule has 0 aliphatic heterocycles. The Morgan fingerprint density at radius 3 is 2.58 bits per heavy atom. The number of nitro groups is 1. The minimum atomic E-state index is -0.834. The second-order valence-corrected chi connectivity index (χ2v) is 4.50. The van der Waals surface area contributed by atoms with Crippen LogP contribution in [0.25, 0.3) is 0 Å². The van der Waals surface area contributed by atoms with Gasteiger partial charge in [0.25, 0.3) is 0 Å². The summed E-state index contributed by atoms with van der Waals surface area (Å²) in [7, 11) is 0. The fraction of sp³-hybridized carbons (Fsp3) is 0.545. The van der Waals surface area contributed by atoms with Crippen LogP contribution < -0.4 is 5.32 Å². The van der Waals surface area contributed by atoms with E-state index in [0.717, 1.165) is 31.7 Å². The minimum absolute atomic E-state index is 0.191. The number of aromatic nitrogens is 2. The van der Waals surface area contributed by atoms with Crippen LogP contribution in [0.15, 0.2) is 12.4 Å². The predicted molar refractivity (Wildman–Crippen MR) is 65.7 cm³/mol. The topological polar surface area (TPSA) is 118 Å². The Kier molecular flexibility index (Phi) is 3.88. The molecule has 2 rings (SSSR count). The molecule has 1 aromatic heterocycles. The lowest BCUT2D eigenvalue weighted by atomic mass is 9.84. The molecular formula is C11H14N4O4. The van der Waals surface area contributed by atoms with Crippen LogP contribution in [0.1, 0.15) is 25.7 Å². The molecule has 2 atom stereocenters. The molecular weight excluding hydrogens is 252 g/mol. The SMILES string of the molecule is O=C(O)C1CCCCC1Nc1ncc([N+](=O)[O-])cn1. The molecule has 102 valence electrons. The molecule has 0 aromatic carbocycles. The third kappa shape index (κ3) is 3.15. The van der Waals surface area contributed by atoms with Gasteiger partial charge in [-0.2, -0.15) is 0 Å². The molecule has 8 nitrogen and oxygen atoms in total. The van der Waals surface area contributed by atoms with Crippen LogP contribution in [0.2, 0.25) is 0 Å². The molecule has 1 aliphatic rings. The van der Waals surface area contributed by atoms with Gasteiger partial charge in [-0.05, 0) is 12.8 Å². The average Bonchev–Trinajstić information content (AvgIpc) is 2.39. The third-order valence-electron chi connectivity index (χ3n) is 3.25. The molecule has 1 saturated carbocycles. The Morgan fingerprint density at radius 2 is 2.00 bits per heavy atom. The largest absolute Gasteiger partial charge is 0.481 e. The summed E-state index contributed by atoms with van der Waals surface area (Å²) in [6, 6.07) is -0.229. The standard InChI is InChI=1S/C11H14N4O4/c16-10(17)8-3-1-2-4-9(8)14-11-12-5-7(6-13-11)15(18)19/h5-6,8-9H,1-4H2,(H,16,17)(H,12,13,14). The first kappa shape index (κ1) is 13.2. The van der Waals surface area contributed by atoms with E-state index < -0.39 is 16.8 Å². The maximum absolute atomic E-state index is 11.1. The number of aliphatic carboxylic acids is 1. The highest BCUT2D eigenvalue weighted by molar-refractivity contribution is 5.71. The van der Waals surface area contributed by atoms with Crippen molar-refractivity contribution in [1.82, 2.24) is 9.97 Å². The quantitative estimate of drug-likeness (QED) is 0.625. The van der Waals surface area contributed by atoms with Crippen LogP contribution in [0.4, 0.5) is 11.6 Å². The van der Waals surface area contributed by atoms with Gasteiger partial charge < -0.3 is 10.4 Å². The molecule has 0 amide bonds.